The molecule has 35 heavy (non-hydrogen) atoms. The molecular weight excluding hydrogens is 488 g/mol. The van der Waals surface area contributed by atoms with Gasteiger partial charge in [-0.1, -0.05) is 43.3 Å². The first kappa shape index (κ1) is 24.7. The molecule has 2 aliphatic rings. The molecule has 0 bridgehead atoms. The molecule has 0 spiro atoms. The van der Waals surface area contributed by atoms with Crippen LogP contribution in [-0.4, -0.2) is 47.8 Å². The van der Waals surface area contributed by atoms with Gasteiger partial charge in [0.1, 0.15) is 11.9 Å². The Hall–Kier alpha value is -3.44. The molecule has 2 aromatic rings. The van der Waals surface area contributed by atoms with Crippen LogP contribution in [0.4, 0.5) is 0 Å². The number of ether oxygens (including phenoxy) is 2. The Morgan fingerprint density at radius 3 is 2.57 bits per heavy atom. The minimum absolute atomic E-state index is 0.0518. The summed E-state index contributed by atoms with van der Waals surface area (Å²) in [4.78, 5) is 17.7. The summed E-state index contributed by atoms with van der Waals surface area (Å²) < 4.78 is 40.7. The predicted molar refractivity (Wildman–Crippen MR) is 138 cm³/mol. The zero-order chi connectivity index (χ0) is 25.2. The van der Waals surface area contributed by atoms with Crippen LogP contribution in [0.3, 0.4) is 0 Å². The molecular formula is C24H24N4O5S2. The molecule has 0 unspecified atom stereocenters. The first-order valence-corrected chi connectivity index (χ1v) is 13.4. The van der Waals surface area contributed by atoms with Crippen LogP contribution in [0.25, 0.3) is 6.08 Å². The summed E-state index contributed by atoms with van der Waals surface area (Å²) in [7, 11) is -3.71. The lowest BCUT2D eigenvalue weighted by atomic mass is 10.1. The highest BCUT2D eigenvalue weighted by Crippen LogP contribution is 2.34. The SMILES string of the molecule is CCOc1cc(/C=C2/C(=N)N3C(=NC2=O)SN=C3S(=O)(=O)CC)ccc1O[C@H](C)c1ccccc1. The topological polar surface area (TPSA) is 121 Å². The standard InChI is InChI=1S/C24H24N4O5S2/c1-4-32-20-14-16(11-12-19(20)33-15(3)17-9-7-6-8-10-17)13-18-21(25)28-23(26-22(18)29)34-27-24(28)35(30,31)5-2/h6-15,25H,4-5H2,1-3H3/b18-13-,25-21?/t15-/m1/s1. The smallest absolute Gasteiger partial charge is 0.283 e. The monoisotopic (exact) mass is 512 g/mol. The molecule has 1 N–H and O–H groups in total. The maximum absolute atomic E-state index is 12.7. The number of aliphatic imine (C=N–C) groups is 1. The summed E-state index contributed by atoms with van der Waals surface area (Å²) >= 11 is 0.767. The molecule has 0 aliphatic carbocycles. The largest absolute Gasteiger partial charge is 0.490 e. The van der Waals surface area contributed by atoms with Crippen LogP contribution < -0.4 is 9.47 Å². The maximum Gasteiger partial charge on any atom is 0.283 e. The second-order valence-corrected chi connectivity index (χ2v) is 10.5. The number of fused-ring (bicyclic) bond motifs is 1. The van der Waals surface area contributed by atoms with Crippen LogP contribution in [0.15, 0.2) is 63.5 Å². The lowest BCUT2D eigenvalue weighted by Gasteiger charge is -2.24. The zero-order valence-electron chi connectivity index (χ0n) is 19.4. The van der Waals surface area contributed by atoms with Crippen molar-refractivity contribution in [3.63, 3.8) is 0 Å². The van der Waals surface area contributed by atoms with Gasteiger partial charge < -0.3 is 9.47 Å². The molecule has 4 rings (SSSR count). The Balaban J connectivity index is 1.65. The van der Waals surface area contributed by atoms with Crippen molar-refractivity contribution in [2.75, 3.05) is 12.4 Å². The number of hydrogen-bond acceptors (Lipinski definition) is 8. The van der Waals surface area contributed by atoms with Gasteiger partial charge in [0.2, 0.25) is 20.2 Å². The summed E-state index contributed by atoms with van der Waals surface area (Å²) in [5, 5.41) is 8.31. The summed E-state index contributed by atoms with van der Waals surface area (Å²) in [6.45, 7) is 5.69. The van der Waals surface area contributed by atoms with E-state index in [-0.39, 0.29) is 33.6 Å². The fourth-order valence-corrected chi connectivity index (χ4v) is 5.42. The number of nitrogens with zero attached hydrogens (tertiary/aromatic N) is 3. The highest BCUT2D eigenvalue weighted by atomic mass is 32.2. The van der Waals surface area contributed by atoms with Gasteiger partial charge in [-0.05, 0) is 43.2 Å². The number of sulfone groups is 1. The van der Waals surface area contributed by atoms with Crippen LogP contribution in [-0.2, 0) is 14.6 Å². The van der Waals surface area contributed by atoms with Crippen molar-refractivity contribution >= 4 is 49.9 Å². The van der Waals surface area contributed by atoms with E-state index in [9.17, 15) is 13.2 Å². The molecule has 2 aromatic carbocycles. The normalized spacial score (nSPS) is 17.7. The van der Waals surface area contributed by atoms with Gasteiger partial charge in [-0.3, -0.25) is 10.2 Å². The third-order valence-corrected chi connectivity index (χ3v) is 7.71. The second kappa shape index (κ2) is 10.0. The number of hydrogen-bond donors (Lipinski definition) is 1. The third kappa shape index (κ3) is 5.01. The first-order valence-electron chi connectivity index (χ1n) is 10.9. The predicted octanol–water partition coefficient (Wildman–Crippen LogP) is 4.24. The fourth-order valence-electron chi connectivity index (χ4n) is 3.46. The van der Waals surface area contributed by atoms with Crippen molar-refractivity contribution in [3.05, 3.63) is 65.2 Å². The van der Waals surface area contributed by atoms with E-state index in [0.717, 1.165) is 22.4 Å². The van der Waals surface area contributed by atoms with Gasteiger partial charge in [0.05, 0.1) is 29.9 Å². The average Bonchev–Trinajstić information content (AvgIpc) is 3.29. The highest BCUT2D eigenvalue weighted by Gasteiger charge is 2.42. The minimum atomic E-state index is -3.71. The molecule has 2 aliphatic heterocycles. The van der Waals surface area contributed by atoms with Gasteiger partial charge in [-0.25, -0.2) is 13.3 Å². The number of nitrogens with one attached hydrogen (secondary N) is 1. The molecule has 0 fully saturated rings. The molecule has 11 heteroatoms. The van der Waals surface area contributed by atoms with Gasteiger partial charge in [-0.15, -0.1) is 0 Å². The number of amidine groups is 3. The van der Waals surface area contributed by atoms with Crippen molar-refractivity contribution in [3.8, 4) is 11.5 Å². The van der Waals surface area contributed by atoms with E-state index in [2.05, 4.69) is 9.39 Å². The molecule has 9 nitrogen and oxygen atoms in total. The second-order valence-electron chi connectivity index (χ2n) is 7.62. The molecule has 1 amide bonds. The number of rotatable bonds is 7. The van der Waals surface area contributed by atoms with Crippen LogP contribution in [0.2, 0.25) is 0 Å². The average molecular weight is 513 g/mol. The Morgan fingerprint density at radius 2 is 1.89 bits per heavy atom. The minimum Gasteiger partial charge on any atom is -0.490 e. The van der Waals surface area contributed by atoms with Gasteiger partial charge in [0.25, 0.3) is 5.91 Å². The Morgan fingerprint density at radius 1 is 1.14 bits per heavy atom. The van der Waals surface area contributed by atoms with E-state index in [1.54, 1.807) is 18.2 Å². The lowest BCUT2D eigenvalue weighted by molar-refractivity contribution is -0.114. The van der Waals surface area contributed by atoms with Crippen molar-refractivity contribution in [2.24, 2.45) is 9.39 Å². The highest BCUT2D eigenvalue weighted by molar-refractivity contribution is 8.16. The van der Waals surface area contributed by atoms with Gasteiger partial charge in [-0.2, -0.15) is 9.39 Å². The summed E-state index contributed by atoms with van der Waals surface area (Å²) in [6.07, 6.45) is 1.27. The van der Waals surface area contributed by atoms with Gasteiger partial charge in [0.15, 0.2) is 11.5 Å². The summed E-state index contributed by atoms with van der Waals surface area (Å²) in [6, 6.07) is 15.0. The molecule has 2 heterocycles. The summed E-state index contributed by atoms with van der Waals surface area (Å²) in [5.74, 6) is -0.102. The van der Waals surface area contributed by atoms with Crippen LogP contribution in [0.5, 0.6) is 11.5 Å². The number of amides is 1. The lowest BCUT2D eigenvalue weighted by Crippen LogP contribution is -2.45. The molecule has 0 saturated heterocycles. The van der Waals surface area contributed by atoms with Crippen molar-refractivity contribution in [1.82, 2.24) is 4.90 Å². The zero-order valence-corrected chi connectivity index (χ0v) is 21.0. The molecule has 1 atom stereocenters. The van der Waals surface area contributed by atoms with Crippen molar-refractivity contribution < 1.29 is 22.7 Å². The maximum atomic E-state index is 12.7. The number of carbonyl (C=O) groups is 1. The Labute approximate surface area is 208 Å². The van der Waals surface area contributed by atoms with E-state index in [1.165, 1.54) is 13.0 Å². The van der Waals surface area contributed by atoms with Gasteiger partial charge in [0, 0.05) is 0 Å². The Bertz CT molecular complexity index is 1370. The van der Waals surface area contributed by atoms with Crippen LogP contribution in [0, 0.1) is 5.41 Å². The van der Waals surface area contributed by atoms with E-state index >= 15 is 0 Å². The molecule has 0 aromatic heterocycles. The quantitative estimate of drug-likeness (QED) is 0.435. The first-order chi connectivity index (χ1) is 16.7. The van der Waals surface area contributed by atoms with Crippen LogP contribution >= 0.6 is 11.9 Å². The van der Waals surface area contributed by atoms with E-state index < -0.39 is 15.7 Å². The molecule has 0 saturated carbocycles. The fraction of sp³-hybridized carbons (Fsp3) is 0.250. The molecule has 0 radical (unpaired) electrons. The van der Waals surface area contributed by atoms with Crippen LogP contribution in [0.1, 0.15) is 38.0 Å². The number of benzene rings is 2. The van der Waals surface area contributed by atoms with E-state index in [4.69, 9.17) is 14.9 Å². The van der Waals surface area contributed by atoms with Crippen molar-refractivity contribution in [1.29, 1.82) is 5.41 Å². The van der Waals surface area contributed by atoms with Gasteiger partial charge >= 0.3 is 0 Å². The molecule has 182 valence electrons. The van der Waals surface area contributed by atoms with Crippen molar-refractivity contribution in [2.45, 2.75) is 26.9 Å². The van der Waals surface area contributed by atoms with E-state index in [1.807, 2.05) is 44.2 Å². The van der Waals surface area contributed by atoms with E-state index in [0.29, 0.717) is 23.7 Å². The summed E-state index contributed by atoms with van der Waals surface area (Å²) in [5.41, 5.74) is 1.53. The Kier molecular flexibility index (Phi) is 7.08. The number of carbonyl (C=O) groups excluding carboxylic acids is 1. The third-order valence-electron chi connectivity index (χ3n) is 5.30.